The molecule has 0 bridgehead atoms. The molecule has 1 aliphatic rings. The number of benzene rings is 1. The molecule has 1 aliphatic carbocycles. The number of hydrogen-bond donors (Lipinski definition) is 3. The number of amides is 2. The second-order valence-corrected chi connectivity index (χ2v) is 5.86. The summed E-state index contributed by atoms with van der Waals surface area (Å²) in [6.07, 6.45) is 2.53. The molecule has 1 atom stereocenters. The van der Waals surface area contributed by atoms with Gasteiger partial charge in [-0.15, -0.1) is 0 Å². The van der Waals surface area contributed by atoms with Gasteiger partial charge in [0.05, 0.1) is 19.0 Å². The highest BCUT2D eigenvalue weighted by molar-refractivity contribution is 6.30. The Hall–Kier alpha value is -1.59. The maximum atomic E-state index is 11.9. The molecule has 1 aromatic rings. The molecule has 2 amide bonds. The third-order valence-electron chi connectivity index (χ3n) is 3.41. The van der Waals surface area contributed by atoms with E-state index in [-0.39, 0.29) is 18.9 Å². The van der Waals surface area contributed by atoms with Gasteiger partial charge in [0.2, 0.25) is 11.8 Å². The van der Waals surface area contributed by atoms with Crippen molar-refractivity contribution in [2.75, 3.05) is 13.1 Å². The zero-order chi connectivity index (χ0) is 15.2. The predicted molar refractivity (Wildman–Crippen MR) is 81.7 cm³/mol. The molecule has 0 aliphatic heterocycles. The van der Waals surface area contributed by atoms with Gasteiger partial charge in [-0.25, -0.2) is 0 Å². The number of nitrogens with two attached hydrogens (primary N) is 1. The Labute approximate surface area is 129 Å². The van der Waals surface area contributed by atoms with E-state index in [4.69, 9.17) is 17.3 Å². The average Bonchev–Trinajstić information content (AvgIpc) is 3.21. The number of halogens is 1. The van der Waals surface area contributed by atoms with Crippen molar-refractivity contribution in [3.63, 3.8) is 0 Å². The molecule has 2 rings (SSSR count). The summed E-state index contributed by atoms with van der Waals surface area (Å²) in [4.78, 5) is 23.1. The molecule has 0 saturated heterocycles. The highest BCUT2D eigenvalue weighted by Gasteiger charge is 2.21. The van der Waals surface area contributed by atoms with Crippen LogP contribution in [0.3, 0.4) is 0 Å². The van der Waals surface area contributed by atoms with Gasteiger partial charge in [-0.1, -0.05) is 23.7 Å². The van der Waals surface area contributed by atoms with E-state index in [2.05, 4.69) is 10.6 Å². The standard InChI is InChI=1S/C15H20ClN3O2/c16-12-3-1-2-11(6-12)13(7-14(17)20)19-15(21)9-18-8-10-4-5-10/h1-3,6,10,13,18H,4-5,7-9H2,(H2,17,20)(H,19,21)/t13-/m1/s1. The van der Waals surface area contributed by atoms with Crippen LogP contribution >= 0.6 is 11.6 Å². The molecule has 5 nitrogen and oxygen atoms in total. The average molecular weight is 310 g/mol. The normalized spacial score (nSPS) is 15.5. The van der Waals surface area contributed by atoms with Gasteiger partial charge in [0.15, 0.2) is 0 Å². The fraction of sp³-hybridized carbons (Fsp3) is 0.467. The van der Waals surface area contributed by atoms with Crippen LogP contribution in [-0.4, -0.2) is 24.9 Å². The van der Waals surface area contributed by atoms with Crippen molar-refractivity contribution in [3.8, 4) is 0 Å². The van der Waals surface area contributed by atoms with Crippen LogP contribution in [0.1, 0.15) is 30.9 Å². The summed E-state index contributed by atoms with van der Waals surface area (Å²) < 4.78 is 0. The molecular weight excluding hydrogens is 290 g/mol. The molecular formula is C15H20ClN3O2. The van der Waals surface area contributed by atoms with Crippen LogP contribution < -0.4 is 16.4 Å². The molecule has 0 spiro atoms. The minimum atomic E-state index is -0.466. The number of carbonyl (C=O) groups excluding carboxylic acids is 2. The van der Waals surface area contributed by atoms with E-state index in [9.17, 15) is 9.59 Å². The summed E-state index contributed by atoms with van der Waals surface area (Å²) in [6.45, 7) is 1.11. The van der Waals surface area contributed by atoms with Crippen molar-refractivity contribution in [1.82, 2.24) is 10.6 Å². The lowest BCUT2D eigenvalue weighted by Gasteiger charge is -2.18. The lowest BCUT2D eigenvalue weighted by Crippen LogP contribution is -2.38. The molecule has 1 fully saturated rings. The van der Waals surface area contributed by atoms with Crippen molar-refractivity contribution in [2.45, 2.75) is 25.3 Å². The van der Waals surface area contributed by atoms with Crippen LogP contribution in [0.15, 0.2) is 24.3 Å². The summed E-state index contributed by atoms with van der Waals surface area (Å²) >= 11 is 5.95. The second-order valence-electron chi connectivity index (χ2n) is 5.42. The minimum absolute atomic E-state index is 0.0503. The number of hydrogen-bond acceptors (Lipinski definition) is 3. The first kappa shape index (κ1) is 15.8. The van der Waals surface area contributed by atoms with E-state index in [1.54, 1.807) is 18.2 Å². The highest BCUT2D eigenvalue weighted by atomic mass is 35.5. The predicted octanol–water partition coefficient (Wildman–Crippen LogP) is 1.37. The fourth-order valence-corrected chi connectivity index (χ4v) is 2.33. The molecule has 0 radical (unpaired) electrons. The van der Waals surface area contributed by atoms with Gasteiger partial charge in [0.1, 0.15) is 0 Å². The Morgan fingerprint density at radius 1 is 1.38 bits per heavy atom. The highest BCUT2D eigenvalue weighted by Crippen LogP contribution is 2.27. The Morgan fingerprint density at radius 2 is 2.14 bits per heavy atom. The molecule has 0 unspecified atom stereocenters. The van der Waals surface area contributed by atoms with Gasteiger partial charge in [-0.2, -0.15) is 0 Å². The molecule has 6 heteroatoms. The Balaban J connectivity index is 1.91. The lowest BCUT2D eigenvalue weighted by molar-refractivity contribution is -0.122. The molecule has 21 heavy (non-hydrogen) atoms. The van der Waals surface area contributed by atoms with E-state index >= 15 is 0 Å². The van der Waals surface area contributed by atoms with E-state index in [1.807, 2.05) is 6.07 Å². The zero-order valence-electron chi connectivity index (χ0n) is 11.8. The van der Waals surface area contributed by atoms with Crippen LogP contribution in [0.4, 0.5) is 0 Å². The fourth-order valence-electron chi connectivity index (χ4n) is 2.13. The van der Waals surface area contributed by atoms with Gasteiger partial charge in [0.25, 0.3) is 0 Å². The first-order valence-corrected chi connectivity index (χ1v) is 7.46. The van der Waals surface area contributed by atoms with Crippen LogP contribution in [0.25, 0.3) is 0 Å². The van der Waals surface area contributed by atoms with Crippen LogP contribution in [0.2, 0.25) is 5.02 Å². The summed E-state index contributed by atoms with van der Waals surface area (Å²) in [5, 5.41) is 6.50. The number of carbonyl (C=O) groups is 2. The van der Waals surface area contributed by atoms with Crippen LogP contribution in [0.5, 0.6) is 0 Å². The van der Waals surface area contributed by atoms with Gasteiger partial charge in [-0.05, 0) is 43.0 Å². The minimum Gasteiger partial charge on any atom is -0.370 e. The van der Waals surface area contributed by atoms with Gasteiger partial charge in [-0.3, -0.25) is 9.59 Å². The van der Waals surface area contributed by atoms with Crippen molar-refractivity contribution in [3.05, 3.63) is 34.9 Å². The first-order chi connectivity index (χ1) is 10.0. The number of primary amides is 1. The van der Waals surface area contributed by atoms with Crippen molar-refractivity contribution >= 4 is 23.4 Å². The molecule has 114 valence electrons. The van der Waals surface area contributed by atoms with Crippen LogP contribution in [0, 0.1) is 5.92 Å². The monoisotopic (exact) mass is 309 g/mol. The smallest absolute Gasteiger partial charge is 0.234 e. The molecule has 1 saturated carbocycles. The third-order valence-corrected chi connectivity index (χ3v) is 3.64. The summed E-state index contributed by atoms with van der Waals surface area (Å²) in [6, 6.07) is 6.62. The third kappa shape index (κ3) is 5.73. The topological polar surface area (TPSA) is 84.2 Å². The number of rotatable bonds is 8. The molecule has 0 aromatic heterocycles. The van der Waals surface area contributed by atoms with Gasteiger partial charge >= 0.3 is 0 Å². The maximum absolute atomic E-state index is 11.9. The lowest BCUT2D eigenvalue weighted by atomic mass is 10.0. The molecule has 0 heterocycles. The SMILES string of the molecule is NC(=O)C[C@@H](NC(=O)CNCC1CC1)c1cccc(Cl)c1. The summed E-state index contributed by atoms with van der Waals surface area (Å²) in [5.41, 5.74) is 6.03. The quantitative estimate of drug-likeness (QED) is 0.678. The van der Waals surface area contributed by atoms with Crippen molar-refractivity contribution in [1.29, 1.82) is 0 Å². The van der Waals surface area contributed by atoms with E-state index in [0.717, 1.165) is 12.1 Å². The van der Waals surface area contributed by atoms with Crippen molar-refractivity contribution in [2.24, 2.45) is 11.7 Å². The molecule has 4 N–H and O–H groups in total. The maximum Gasteiger partial charge on any atom is 0.234 e. The first-order valence-electron chi connectivity index (χ1n) is 7.08. The second kappa shape index (κ2) is 7.43. The molecule has 1 aromatic carbocycles. The van der Waals surface area contributed by atoms with E-state index in [1.165, 1.54) is 12.8 Å². The Bertz CT molecular complexity index is 517. The largest absolute Gasteiger partial charge is 0.370 e. The van der Waals surface area contributed by atoms with E-state index in [0.29, 0.717) is 10.9 Å². The van der Waals surface area contributed by atoms with Crippen molar-refractivity contribution < 1.29 is 9.59 Å². The Morgan fingerprint density at radius 3 is 2.76 bits per heavy atom. The summed E-state index contributed by atoms with van der Waals surface area (Å²) in [5.74, 6) is 0.0974. The van der Waals surface area contributed by atoms with E-state index < -0.39 is 11.9 Å². The number of nitrogens with one attached hydrogen (secondary N) is 2. The van der Waals surface area contributed by atoms with Gasteiger partial charge < -0.3 is 16.4 Å². The van der Waals surface area contributed by atoms with Gasteiger partial charge in [0, 0.05) is 5.02 Å². The summed E-state index contributed by atoms with van der Waals surface area (Å²) in [7, 11) is 0. The van der Waals surface area contributed by atoms with Crippen LogP contribution in [-0.2, 0) is 9.59 Å². The Kier molecular flexibility index (Phi) is 5.59. The zero-order valence-corrected chi connectivity index (χ0v) is 12.5.